The lowest BCUT2D eigenvalue weighted by Crippen LogP contribution is -2.46. The van der Waals surface area contributed by atoms with Crippen LogP contribution in [-0.4, -0.2) is 70.2 Å². The molecular weight excluding hydrogens is 578 g/mol. The molecule has 0 radical (unpaired) electrons. The molecule has 1 aromatic heterocycles. The second kappa shape index (κ2) is 13.3. The smallest absolute Gasteiger partial charge is 0.256 e. The van der Waals surface area contributed by atoms with Crippen LogP contribution in [0, 0.1) is 5.82 Å². The van der Waals surface area contributed by atoms with Crippen LogP contribution in [-0.2, 0) is 14.8 Å². The first-order valence-electron chi connectivity index (χ1n) is 14.5. The Hall–Kier alpha value is -2.73. The highest BCUT2D eigenvalue weighted by Gasteiger charge is 2.36. The van der Waals surface area contributed by atoms with Crippen molar-refractivity contribution in [1.29, 1.82) is 0 Å². The number of sulfonamides is 1. The lowest BCUT2D eigenvalue weighted by molar-refractivity contribution is 0.0544. The molecule has 0 unspecified atom stereocenters. The Morgan fingerprint density at radius 2 is 1.79 bits per heavy atom. The lowest BCUT2D eigenvalue weighted by atomic mass is 9.78. The maximum absolute atomic E-state index is 15.4. The van der Waals surface area contributed by atoms with Gasteiger partial charge in [0, 0.05) is 31.5 Å². The van der Waals surface area contributed by atoms with Gasteiger partial charge in [-0.25, -0.2) is 22.8 Å². The van der Waals surface area contributed by atoms with E-state index in [4.69, 9.17) is 21.1 Å². The molecule has 2 fully saturated rings. The van der Waals surface area contributed by atoms with Gasteiger partial charge in [-0.3, -0.25) is 0 Å². The van der Waals surface area contributed by atoms with Gasteiger partial charge in [-0.05, 0) is 81.3 Å². The summed E-state index contributed by atoms with van der Waals surface area (Å²) in [6, 6.07) is 12.7. The van der Waals surface area contributed by atoms with Crippen LogP contribution in [0.15, 0.2) is 59.9 Å². The highest BCUT2D eigenvalue weighted by Crippen LogP contribution is 2.40. The van der Waals surface area contributed by atoms with E-state index in [0.717, 1.165) is 61.7 Å². The highest BCUT2D eigenvalue weighted by molar-refractivity contribution is 7.94. The fraction of sp³-hybridized carbons (Fsp3) is 0.467. The molecular formula is C30H37BClFN4O4S. The Bertz CT molecular complexity index is 1480. The first-order valence-corrected chi connectivity index (χ1v) is 16.3. The number of ether oxygens (including phenoxy) is 2. The zero-order valence-electron chi connectivity index (χ0n) is 24.2. The Morgan fingerprint density at radius 3 is 2.45 bits per heavy atom. The van der Waals surface area contributed by atoms with E-state index in [1.54, 1.807) is 6.82 Å². The molecule has 1 aliphatic carbocycles. The molecule has 0 N–H and O–H groups in total. The summed E-state index contributed by atoms with van der Waals surface area (Å²) in [5.74, 6) is 0.264. The van der Waals surface area contributed by atoms with Crippen LogP contribution < -0.4 is 8.95 Å². The highest BCUT2D eigenvalue weighted by atomic mass is 35.5. The number of aromatic nitrogens is 2. The summed E-state index contributed by atoms with van der Waals surface area (Å²) in [5, 5.41) is 0.0394. The van der Waals surface area contributed by atoms with E-state index in [-0.39, 0.29) is 36.2 Å². The Morgan fingerprint density at radius 1 is 1.05 bits per heavy atom. The summed E-state index contributed by atoms with van der Waals surface area (Å²) >= 11 is 6.54. The van der Waals surface area contributed by atoms with Crippen LogP contribution in [0.2, 0.25) is 11.8 Å². The first kappa shape index (κ1) is 30.7. The summed E-state index contributed by atoms with van der Waals surface area (Å²) in [4.78, 5) is 9.45. The van der Waals surface area contributed by atoms with E-state index < -0.39 is 20.7 Å². The molecule has 224 valence electrons. The molecule has 3 aromatic rings. The molecule has 0 bridgehead atoms. The third kappa shape index (κ3) is 6.59. The van der Waals surface area contributed by atoms with E-state index in [1.807, 2.05) is 14.1 Å². The van der Waals surface area contributed by atoms with E-state index in [9.17, 15) is 8.42 Å². The topological polar surface area (TPSA) is 84.9 Å². The van der Waals surface area contributed by atoms with Gasteiger partial charge in [0.1, 0.15) is 34.7 Å². The first-order chi connectivity index (χ1) is 20.2. The fourth-order valence-electron chi connectivity index (χ4n) is 6.17. The summed E-state index contributed by atoms with van der Waals surface area (Å²) in [7, 11) is -0.172. The minimum atomic E-state index is -4.27. The van der Waals surface area contributed by atoms with E-state index >= 15 is 4.39 Å². The molecule has 2 heterocycles. The molecule has 0 spiro atoms. The van der Waals surface area contributed by atoms with Crippen molar-refractivity contribution in [3.8, 4) is 5.75 Å². The molecule has 2 aliphatic rings. The maximum atomic E-state index is 15.4. The molecule has 2 aromatic carbocycles. The second-order valence-electron chi connectivity index (χ2n) is 11.2. The molecule has 0 amide bonds. The van der Waals surface area contributed by atoms with Crippen molar-refractivity contribution in [3.63, 3.8) is 0 Å². The Kier molecular flexibility index (Phi) is 9.72. The number of rotatable bonds is 9. The summed E-state index contributed by atoms with van der Waals surface area (Å²) < 4.78 is 55.1. The van der Waals surface area contributed by atoms with E-state index in [1.165, 1.54) is 29.7 Å². The molecule has 5 rings (SSSR count). The van der Waals surface area contributed by atoms with Gasteiger partial charge in [-0.15, -0.1) is 0 Å². The van der Waals surface area contributed by atoms with Crippen LogP contribution in [0.3, 0.4) is 0 Å². The average Bonchev–Trinajstić information content (AvgIpc) is 3.00. The molecule has 1 saturated carbocycles. The quantitative estimate of drug-likeness (QED) is 0.298. The third-order valence-corrected chi connectivity index (χ3v) is 10.6. The van der Waals surface area contributed by atoms with Crippen LogP contribution in [0.5, 0.6) is 5.75 Å². The summed E-state index contributed by atoms with van der Waals surface area (Å²) in [6.07, 6.45) is 7.10. The minimum Gasteiger partial charge on any atom is -0.487 e. The number of anilines is 1. The number of hydrogen-bond donors (Lipinski definition) is 0. The SMILES string of the molecule is CBN(c1ccncn1)S(=O)(=O)c1cc(Cl)c(O[C@H]2CC[C@H](c3cccc(C4CCOCC4)c3)C[C@@H]2N(C)C)cc1F. The number of hydrogen-bond acceptors (Lipinski definition) is 7. The van der Waals surface area contributed by atoms with Gasteiger partial charge in [-0.1, -0.05) is 42.7 Å². The Labute approximate surface area is 253 Å². The zero-order chi connectivity index (χ0) is 29.9. The van der Waals surface area contributed by atoms with Crippen molar-refractivity contribution in [2.45, 2.75) is 67.8 Å². The van der Waals surface area contributed by atoms with Crippen LogP contribution in [0.25, 0.3) is 0 Å². The van der Waals surface area contributed by atoms with Crippen molar-refractivity contribution in [1.82, 2.24) is 14.9 Å². The molecule has 1 saturated heterocycles. The number of likely N-dealkylation sites (N-methyl/N-ethyl adjacent to an activating group) is 1. The maximum Gasteiger partial charge on any atom is 0.256 e. The van der Waals surface area contributed by atoms with Gasteiger partial charge in [-0.2, -0.15) is 0 Å². The van der Waals surface area contributed by atoms with Crippen molar-refractivity contribution >= 4 is 34.9 Å². The van der Waals surface area contributed by atoms with Gasteiger partial charge < -0.3 is 18.6 Å². The van der Waals surface area contributed by atoms with Gasteiger partial charge in [0.2, 0.25) is 0 Å². The van der Waals surface area contributed by atoms with Gasteiger partial charge >= 0.3 is 0 Å². The predicted octanol–water partition coefficient (Wildman–Crippen LogP) is 5.40. The normalized spacial score (nSPS) is 21.7. The molecule has 8 nitrogen and oxygen atoms in total. The third-order valence-electron chi connectivity index (χ3n) is 8.43. The zero-order valence-corrected chi connectivity index (χ0v) is 25.8. The standard InChI is InChI=1S/C30H37BClFN4O4S/c1-31-37(30-9-12-34-19-35-30)42(38,39)29-17-24(32)28(18-25(29)33)41-27-8-7-23(16-26(27)36(2)3)22-6-4-5-21(15-22)20-10-13-40-14-11-20/h4-6,9,12,15,17-20,23,26-27,31H,7-8,10-11,13-14,16H2,1-3H3/t23-,26-,27-/m0/s1. The number of halogens is 2. The largest absolute Gasteiger partial charge is 0.487 e. The monoisotopic (exact) mass is 614 g/mol. The fourth-order valence-corrected chi connectivity index (χ4v) is 7.94. The second-order valence-corrected chi connectivity index (χ2v) is 13.4. The van der Waals surface area contributed by atoms with Gasteiger partial charge in [0.25, 0.3) is 17.4 Å². The van der Waals surface area contributed by atoms with Crippen molar-refractivity contribution in [3.05, 3.63) is 77.0 Å². The van der Waals surface area contributed by atoms with Crippen molar-refractivity contribution in [2.75, 3.05) is 31.5 Å². The van der Waals surface area contributed by atoms with E-state index in [0.29, 0.717) is 11.8 Å². The van der Waals surface area contributed by atoms with Crippen LogP contribution >= 0.6 is 11.6 Å². The lowest BCUT2D eigenvalue weighted by Gasteiger charge is -2.40. The molecule has 1 aliphatic heterocycles. The van der Waals surface area contributed by atoms with Crippen molar-refractivity contribution in [2.24, 2.45) is 0 Å². The number of benzene rings is 2. The minimum absolute atomic E-state index is 0.0394. The van der Waals surface area contributed by atoms with Gasteiger partial charge in [0.15, 0.2) is 0 Å². The summed E-state index contributed by atoms with van der Waals surface area (Å²) in [5.41, 5.74) is 2.72. The molecule has 12 heteroatoms. The summed E-state index contributed by atoms with van der Waals surface area (Å²) in [6.45, 7) is 3.28. The van der Waals surface area contributed by atoms with Crippen molar-refractivity contribution < 1.29 is 22.3 Å². The van der Waals surface area contributed by atoms with Crippen LogP contribution in [0.4, 0.5) is 10.2 Å². The number of nitrogens with zero attached hydrogens (tertiary/aromatic N) is 4. The molecule has 3 atom stereocenters. The molecule has 42 heavy (non-hydrogen) atoms. The average molecular weight is 615 g/mol. The van der Waals surface area contributed by atoms with E-state index in [2.05, 4.69) is 39.1 Å². The Balaban J connectivity index is 1.33. The van der Waals surface area contributed by atoms with Gasteiger partial charge in [0.05, 0.1) is 5.02 Å². The van der Waals surface area contributed by atoms with Crippen LogP contribution in [0.1, 0.15) is 55.1 Å². The predicted molar refractivity (Wildman–Crippen MR) is 164 cm³/mol.